The molecule has 2 fully saturated rings. The van der Waals surface area contributed by atoms with Crippen molar-refractivity contribution in [3.05, 3.63) is 47.6 Å². The van der Waals surface area contributed by atoms with E-state index in [1.165, 1.54) is 5.57 Å². The fourth-order valence-corrected chi connectivity index (χ4v) is 5.91. The molecule has 0 heterocycles. The number of Topliss-reactive ketones (excluding diaryl/α,β-unsaturated/α-hetero) is 1. The molecule has 4 nitrogen and oxygen atoms in total. The van der Waals surface area contributed by atoms with E-state index >= 15 is 0 Å². The number of carbonyl (C=O) groups is 1. The van der Waals surface area contributed by atoms with Crippen LogP contribution in [0.5, 0.6) is 0 Å². The van der Waals surface area contributed by atoms with Crippen molar-refractivity contribution in [1.29, 1.82) is 0 Å². The van der Waals surface area contributed by atoms with Gasteiger partial charge in [-0.25, -0.2) is 0 Å². The van der Waals surface area contributed by atoms with Crippen LogP contribution >= 0.6 is 0 Å². The van der Waals surface area contributed by atoms with Gasteiger partial charge >= 0.3 is 0 Å². The first-order valence-electron chi connectivity index (χ1n) is 11.8. The van der Waals surface area contributed by atoms with E-state index in [-0.39, 0.29) is 11.2 Å². The largest absolute Gasteiger partial charge is 0.393 e. The molecule has 172 valence electrons. The summed E-state index contributed by atoms with van der Waals surface area (Å²) in [5.41, 5.74) is 1.97. The lowest BCUT2D eigenvalue weighted by Crippen LogP contribution is -2.37. The Morgan fingerprint density at radius 3 is 2.71 bits per heavy atom. The Hall–Kier alpha value is -1.49. The highest BCUT2D eigenvalue weighted by Gasteiger charge is 2.47. The number of allylic oxidation sites excluding steroid dienone is 5. The monoisotopic (exact) mass is 428 g/mol. The van der Waals surface area contributed by atoms with E-state index in [4.69, 9.17) is 0 Å². The zero-order valence-corrected chi connectivity index (χ0v) is 19.6. The normalized spacial score (nSPS) is 37.3. The van der Waals surface area contributed by atoms with Crippen LogP contribution in [0.2, 0.25) is 0 Å². The number of ketones is 1. The second kappa shape index (κ2) is 9.17. The highest BCUT2D eigenvalue weighted by Crippen LogP contribution is 2.56. The van der Waals surface area contributed by atoms with Crippen molar-refractivity contribution in [1.82, 2.24) is 0 Å². The SMILES string of the molecule is C=C1/C(=C\C=C2/CCC[C@]3(C)[C@@H]([C@H](C)CCC(=O)C(C)(C)O)C=C[C@@H]23)C[C@@H](O)C[C@@H]1O. The van der Waals surface area contributed by atoms with Crippen LogP contribution in [-0.2, 0) is 4.79 Å². The maximum Gasteiger partial charge on any atom is 0.163 e. The van der Waals surface area contributed by atoms with Gasteiger partial charge in [-0.3, -0.25) is 4.79 Å². The van der Waals surface area contributed by atoms with Crippen molar-refractivity contribution in [3.8, 4) is 0 Å². The van der Waals surface area contributed by atoms with Gasteiger partial charge in [0, 0.05) is 18.8 Å². The maximum atomic E-state index is 12.2. The molecule has 3 aliphatic rings. The van der Waals surface area contributed by atoms with E-state index in [2.05, 4.69) is 44.7 Å². The predicted octanol–water partition coefficient (Wildman–Crippen LogP) is 4.66. The molecule has 0 spiro atoms. The molecule has 0 aliphatic heterocycles. The minimum absolute atomic E-state index is 0.0871. The van der Waals surface area contributed by atoms with Crippen LogP contribution in [0.1, 0.15) is 72.6 Å². The number of carbonyl (C=O) groups excluding carboxylic acids is 1. The first-order chi connectivity index (χ1) is 14.4. The van der Waals surface area contributed by atoms with Crippen LogP contribution < -0.4 is 0 Å². The van der Waals surface area contributed by atoms with Crippen LogP contribution in [0.15, 0.2) is 47.6 Å². The molecule has 0 bridgehead atoms. The molecular formula is C27H40O4. The molecule has 3 aliphatic carbocycles. The van der Waals surface area contributed by atoms with E-state index in [0.29, 0.717) is 37.0 Å². The number of hydrogen-bond donors (Lipinski definition) is 3. The summed E-state index contributed by atoms with van der Waals surface area (Å²) in [6.45, 7) is 11.8. The van der Waals surface area contributed by atoms with Crippen molar-refractivity contribution >= 4 is 5.78 Å². The lowest BCUT2D eigenvalue weighted by atomic mass is 9.60. The summed E-state index contributed by atoms with van der Waals surface area (Å²) in [7, 11) is 0. The molecule has 3 N–H and O–H groups in total. The summed E-state index contributed by atoms with van der Waals surface area (Å²) >= 11 is 0. The third-order valence-electron chi connectivity index (χ3n) is 7.95. The summed E-state index contributed by atoms with van der Waals surface area (Å²) in [6, 6.07) is 0. The van der Waals surface area contributed by atoms with Crippen molar-refractivity contribution in [2.24, 2.45) is 23.2 Å². The smallest absolute Gasteiger partial charge is 0.163 e. The van der Waals surface area contributed by atoms with Crippen molar-refractivity contribution < 1.29 is 20.1 Å². The van der Waals surface area contributed by atoms with Gasteiger partial charge < -0.3 is 15.3 Å². The highest BCUT2D eigenvalue weighted by atomic mass is 16.3. The molecule has 0 aromatic rings. The standard InChI is InChI=1S/C27H40O4/c1-17(8-13-25(30)26(3,4)31)22-11-12-23-19(7-6-14-27(22,23)5)9-10-20-15-21(28)16-24(29)18(20)2/h9-12,17,21-24,28-29,31H,2,6-8,13-16H2,1,3-5H3/b19-9+,20-10-/t17-,21-,22-,23+,24+,27-/m1/s1. The van der Waals surface area contributed by atoms with Gasteiger partial charge in [0.1, 0.15) is 5.60 Å². The topological polar surface area (TPSA) is 77.8 Å². The van der Waals surface area contributed by atoms with Gasteiger partial charge in [0.2, 0.25) is 0 Å². The highest BCUT2D eigenvalue weighted by molar-refractivity contribution is 5.86. The molecule has 0 amide bonds. The molecule has 31 heavy (non-hydrogen) atoms. The predicted molar refractivity (Wildman–Crippen MR) is 124 cm³/mol. The third-order valence-corrected chi connectivity index (χ3v) is 7.95. The first-order valence-corrected chi connectivity index (χ1v) is 11.8. The zero-order valence-electron chi connectivity index (χ0n) is 19.6. The van der Waals surface area contributed by atoms with Crippen molar-refractivity contribution in [3.63, 3.8) is 0 Å². The van der Waals surface area contributed by atoms with Gasteiger partial charge in [0.05, 0.1) is 12.2 Å². The first kappa shape index (κ1) is 24.2. The number of aliphatic hydroxyl groups is 3. The van der Waals surface area contributed by atoms with Gasteiger partial charge in [-0.2, -0.15) is 0 Å². The molecule has 2 saturated carbocycles. The molecule has 0 unspecified atom stereocenters. The van der Waals surface area contributed by atoms with E-state index in [0.717, 1.165) is 36.8 Å². The second-order valence-corrected chi connectivity index (χ2v) is 10.8. The minimum Gasteiger partial charge on any atom is -0.393 e. The summed E-state index contributed by atoms with van der Waals surface area (Å²) in [5, 5.41) is 30.1. The average molecular weight is 429 g/mol. The Kier molecular flexibility index (Phi) is 7.15. The van der Waals surface area contributed by atoms with E-state index in [1.54, 1.807) is 13.8 Å². The van der Waals surface area contributed by atoms with Crippen molar-refractivity contribution in [2.75, 3.05) is 0 Å². The van der Waals surface area contributed by atoms with Gasteiger partial charge in [-0.15, -0.1) is 0 Å². The van der Waals surface area contributed by atoms with Gasteiger partial charge in [-0.1, -0.05) is 50.3 Å². The van der Waals surface area contributed by atoms with Crippen LogP contribution in [0.4, 0.5) is 0 Å². The van der Waals surface area contributed by atoms with Crippen LogP contribution in [-0.4, -0.2) is 38.9 Å². The Labute approximate surface area is 187 Å². The Bertz CT molecular complexity index is 797. The fraction of sp³-hybridized carbons (Fsp3) is 0.667. The lowest BCUT2D eigenvalue weighted by molar-refractivity contribution is -0.134. The molecular weight excluding hydrogens is 388 g/mol. The molecule has 6 atom stereocenters. The van der Waals surface area contributed by atoms with Gasteiger partial charge in [0.25, 0.3) is 0 Å². The molecule has 3 rings (SSSR count). The number of rotatable bonds is 6. The molecule has 0 aromatic carbocycles. The molecule has 4 heteroatoms. The zero-order chi connectivity index (χ0) is 23.0. The van der Waals surface area contributed by atoms with Gasteiger partial charge in [0.15, 0.2) is 5.78 Å². The van der Waals surface area contributed by atoms with E-state index in [9.17, 15) is 20.1 Å². The quantitative estimate of drug-likeness (QED) is 0.538. The van der Waals surface area contributed by atoms with E-state index in [1.807, 2.05) is 0 Å². The Morgan fingerprint density at radius 2 is 2.03 bits per heavy atom. The Morgan fingerprint density at radius 1 is 1.32 bits per heavy atom. The third kappa shape index (κ3) is 5.13. The summed E-state index contributed by atoms with van der Waals surface area (Å²) < 4.78 is 0. The van der Waals surface area contributed by atoms with Crippen LogP contribution in [0, 0.1) is 23.2 Å². The number of hydrogen-bond acceptors (Lipinski definition) is 4. The number of fused-ring (bicyclic) bond motifs is 1. The fourth-order valence-electron chi connectivity index (χ4n) is 5.91. The van der Waals surface area contributed by atoms with Crippen LogP contribution in [0.3, 0.4) is 0 Å². The van der Waals surface area contributed by atoms with Crippen molar-refractivity contribution in [2.45, 2.75) is 90.4 Å². The maximum absolute atomic E-state index is 12.2. The number of aliphatic hydroxyl groups excluding tert-OH is 2. The molecule has 0 aromatic heterocycles. The lowest BCUT2D eigenvalue weighted by Gasteiger charge is -2.44. The van der Waals surface area contributed by atoms with E-state index < -0.39 is 17.8 Å². The van der Waals surface area contributed by atoms with Gasteiger partial charge in [-0.05, 0) is 74.3 Å². The summed E-state index contributed by atoms with van der Waals surface area (Å²) in [5.74, 6) is 1.08. The second-order valence-electron chi connectivity index (χ2n) is 10.8. The minimum atomic E-state index is -1.25. The summed E-state index contributed by atoms with van der Waals surface area (Å²) in [4.78, 5) is 12.2. The molecule has 0 radical (unpaired) electrons. The molecule has 0 saturated heterocycles. The summed E-state index contributed by atoms with van der Waals surface area (Å²) in [6.07, 6.45) is 13.3. The average Bonchev–Trinajstić information content (AvgIpc) is 3.04. The van der Waals surface area contributed by atoms with Crippen LogP contribution in [0.25, 0.3) is 0 Å². The Balaban J connectivity index is 1.73.